The lowest BCUT2D eigenvalue weighted by molar-refractivity contribution is -0.129. The topological polar surface area (TPSA) is 29.5 Å². The fraction of sp³-hybridized carbons (Fsp3) is 0.500. The molecule has 0 spiro atoms. The van der Waals surface area contributed by atoms with Crippen LogP contribution < -0.4 is 0 Å². The van der Waals surface area contributed by atoms with Crippen LogP contribution in [0.25, 0.3) is 0 Å². The Morgan fingerprint density at radius 2 is 2.37 bits per heavy atom. The first kappa shape index (κ1) is 14.3. The number of nitrogens with zero attached hydrogens (tertiary/aromatic N) is 1. The predicted octanol–water partition coefficient (Wildman–Crippen LogP) is 2.52. The van der Waals surface area contributed by atoms with E-state index in [1.165, 1.54) is 12.1 Å². The normalized spacial score (nSPS) is 18.6. The Morgan fingerprint density at radius 1 is 1.58 bits per heavy atom. The summed E-state index contributed by atoms with van der Waals surface area (Å²) in [6.07, 6.45) is 0.966. The molecule has 1 fully saturated rings. The highest BCUT2D eigenvalue weighted by Crippen LogP contribution is 2.20. The largest absolute Gasteiger partial charge is 0.381 e. The molecular formula is C14H17ClFNO2. The highest BCUT2D eigenvalue weighted by molar-refractivity contribution is 6.31. The van der Waals surface area contributed by atoms with Crippen LogP contribution in [-0.2, 0) is 16.0 Å². The molecule has 104 valence electrons. The first-order valence-corrected chi connectivity index (χ1v) is 6.70. The van der Waals surface area contributed by atoms with Crippen LogP contribution in [0.3, 0.4) is 0 Å². The number of rotatable bonds is 4. The standard InChI is InChI=1S/C14H17ClFNO2/c1-17(8-10-5-6-19-9-10)14(18)7-11-12(15)3-2-4-13(11)16/h2-4,10H,5-9H2,1H3. The van der Waals surface area contributed by atoms with E-state index in [1.807, 2.05) is 0 Å². The summed E-state index contributed by atoms with van der Waals surface area (Å²) in [5.74, 6) is -0.178. The van der Waals surface area contributed by atoms with Gasteiger partial charge in [-0.1, -0.05) is 17.7 Å². The minimum Gasteiger partial charge on any atom is -0.381 e. The molecule has 0 bridgehead atoms. The van der Waals surface area contributed by atoms with Crippen LogP contribution in [0.5, 0.6) is 0 Å². The van der Waals surface area contributed by atoms with Gasteiger partial charge in [0, 0.05) is 36.7 Å². The Balaban J connectivity index is 1.96. The van der Waals surface area contributed by atoms with Gasteiger partial charge >= 0.3 is 0 Å². The zero-order valence-electron chi connectivity index (χ0n) is 10.9. The Kier molecular flexibility index (Phi) is 4.77. The van der Waals surface area contributed by atoms with Crippen molar-refractivity contribution < 1.29 is 13.9 Å². The van der Waals surface area contributed by atoms with Crippen LogP contribution in [0, 0.1) is 11.7 Å². The summed E-state index contributed by atoms with van der Waals surface area (Å²) in [6, 6.07) is 4.45. The molecule has 1 aromatic rings. The Bertz CT molecular complexity index is 441. The van der Waals surface area contributed by atoms with Crippen molar-refractivity contribution in [2.75, 3.05) is 26.8 Å². The average molecular weight is 286 g/mol. The number of amides is 1. The fourth-order valence-corrected chi connectivity index (χ4v) is 2.43. The second-order valence-corrected chi connectivity index (χ2v) is 5.29. The highest BCUT2D eigenvalue weighted by Gasteiger charge is 2.21. The number of benzene rings is 1. The number of hydrogen-bond acceptors (Lipinski definition) is 2. The molecule has 1 aromatic carbocycles. The molecule has 1 aliphatic heterocycles. The monoisotopic (exact) mass is 285 g/mol. The number of likely N-dealkylation sites (N-methyl/N-ethyl adjacent to an activating group) is 1. The minimum absolute atomic E-state index is 0.00438. The van der Waals surface area contributed by atoms with Crippen LogP contribution in [0.15, 0.2) is 18.2 Å². The number of hydrogen-bond donors (Lipinski definition) is 0. The molecule has 3 nitrogen and oxygen atoms in total. The summed E-state index contributed by atoms with van der Waals surface area (Å²) in [5.41, 5.74) is 0.267. The van der Waals surface area contributed by atoms with Crippen LogP contribution in [0.2, 0.25) is 5.02 Å². The van der Waals surface area contributed by atoms with E-state index >= 15 is 0 Å². The van der Waals surface area contributed by atoms with Gasteiger partial charge in [0.25, 0.3) is 0 Å². The summed E-state index contributed by atoms with van der Waals surface area (Å²) in [5, 5.41) is 0.297. The summed E-state index contributed by atoms with van der Waals surface area (Å²) >= 11 is 5.92. The molecular weight excluding hydrogens is 269 g/mol. The van der Waals surface area contributed by atoms with Gasteiger partial charge in [-0.15, -0.1) is 0 Å². The van der Waals surface area contributed by atoms with E-state index in [9.17, 15) is 9.18 Å². The maximum atomic E-state index is 13.6. The molecule has 5 heteroatoms. The van der Waals surface area contributed by atoms with Gasteiger partial charge in [-0.25, -0.2) is 4.39 Å². The molecule has 1 unspecified atom stereocenters. The van der Waals surface area contributed by atoms with Gasteiger partial charge in [-0.3, -0.25) is 4.79 Å². The van der Waals surface area contributed by atoms with Gasteiger partial charge in [-0.2, -0.15) is 0 Å². The van der Waals surface area contributed by atoms with E-state index in [4.69, 9.17) is 16.3 Å². The van der Waals surface area contributed by atoms with Gasteiger partial charge in [0.05, 0.1) is 13.0 Å². The molecule has 1 atom stereocenters. The van der Waals surface area contributed by atoms with Gasteiger partial charge in [-0.05, 0) is 18.6 Å². The maximum absolute atomic E-state index is 13.6. The quantitative estimate of drug-likeness (QED) is 0.851. The van der Waals surface area contributed by atoms with Crippen LogP contribution >= 0.6 is 11.6 Å². The third kappa shape index (κ3) is 3.67. The third-order valence-electron chi connectivity index (χ3n) is 3.37. The lowest BCUT2D eigenvalue weighted by Crippen LogP contribution is -2.33. The second kappa shape index (κ2) is 6.35. The van der Waals surface area contributed by atoms with Crippen LogP contribution in [-0.4, -0.2) is 37.6 Å². The zero-order valence-corrected chi connectivity index (χ0v) is 11.6. The van der Waals surface area contributed by atoms with Crippen molar-refractivity contribution in [2.24, 2.45) is 5.92 Å². The van der Waals surface area contributed by atoms with Crippen molar-refractivity contribution in [3.8, 4) is 0 Å². The molecule has 1 aliphatic rings. The summed E-state index contributed by atoms with van der Waals surface area (Å²) in [4.78, 5) is 13.7. The Labute approximate surface area is 117 Å². The van der Waals surface area contributed by atoms with Gasteiger partial charge in [0.1, 0.15) is 5.82 Å². The molecule has 0 saturated carbocycles. The number of ether oxygens (including phenoxy) is 1. The minimum atomic E-state index is -0.432. The molecule has 0 N–H and O–H groups in total. The molecule has 1 heterocycles. The Hall–Kier alpha value is -1.13. The van der Waals surface area contributed by atoms with E-state index in [0.29, 0.717) is 24.1 Å². The highest BCUT2D eigenvalue weighted by atomic mass is 35.5. The van der Waals surface area contributed by atoms with Gasteiger partial charge < -0.3 is 9.64 Å². The number of carbonyl (C=O) groups excluding carboxylic acids is 1. The summed E-state index contributed by atoms with van der Waals surface area (Å²) < 4.78 is 18.9. The first-order valence-electron chi connectivity index (χ1n) is 6.32. The number of carbonyl (C=O) groups is 1. The van der Waals surface area contributed by atoms with Crippen LogP contribution in [0.4, 0.5) is 4.39 Å². The molecule has 1 amide bonds. The second-order valence-electron chi connectivity index (χ2n) is 4.88. The lowest BCUT2D eigenvalue weighted by Gasteiger charge is -2.20. The smallest absolute Gasteiger partial charge is 0.226 e. The molecule has 1 saturated heterocycles. The van der Waals surface area contributed by atoms with Crippen molar-refractivity contribution >= 4 is 17.5 Å². The molecule has 2 rings (SSSR count). The summed E-state index contributed by atoms with van der Waals surface area (Å²) in [7, 11) is 1.73. The number of halogens is 2. The molecule has 0 aliphatic carbocycles. The first-order chi connectivity index (χ1) is 9.08. The van der Waals surface area contributed by atoms with Crippen molar-refractivity contribution in [3.05, 3.63) is 34.6 Å². The van der Waals surface area contributed by atoms with Crippen molar-refractivity contribution in [1.82, 2.24) is 4.90 Å². The van der Waals surface area contributed by atoms with E-state index < -0.39 is 5.82 Å². The van der Waals surface area contributed by atoms with Gasteiger partial charge in [0.2, 0.25) is 5.91 Å². The third-order valence-corrected chi connectivity index (χ3v) is 3.73. The fourth-order valence-electron chi connectivity index (χ4n) is 2.20. The zero-order chi connectivity index (χ0) is 13.8. The maximum Gasteiger partial charge on any atom is 0.226 e. The van der Waals surface area contributed by atoms with E-state index in [-0.39, 0.29) is 17.9 Å². The molecule has 19 heavy (non-hydrogen) atoms. The van der Waals surface area contributed by atoms with Crippen molar-refractivity contribution in [2.45, 2.75) is 12.8 Å². The van der Waals surface area contributed by atoms with Crippen LogP contribution in [0.1, 0.15) is 12.0 Å². The van der Waals surface area contributed by atoms with Crippen molar-refractivity contribution in [3.63, 3.8) is 0 Å². The van der Waals surface area contributed by atoms with E-state index in [2.05, 4.69) is 0 Å². The average Bonchev–Trinajstić information content (AvgIpc) is 2.86. The van der Waals surface area contributed by atoms with E-state index in [0.717, 1.165) is 13.0 Å². The van der Waals surface area contributed by atoms with Crippen molar-refractivity contribution in [1.29, 1.82) is 0 Å². The Morgan fingerprint density at radius 3 is 3.00 bits per heavy atom. The van der Waals surface area contributed by atoms with E-state index in [1.54, 1.807) is 18.0 Å². The summed E-state index contributed by atoms with van der Waals surface area (Å²) in [6.45, 7) is 2.09. The SMILES string of the molecule is CN(CC1CCOC1)C(=O)Cc1c(F)cccc1Cl. The predicted molar refractivity (Wildman–Crippen MR) is 71.7 cm³/mol. The lowest BCUT2D eigenvalue weighted by atomic mass is 10.1. The molecule has 0 aromatic heterocycles. The van der Waals surface area contributed by atoms with Gasteiger partial charge in [0.15, 0.2) is 0 Å². The molecule has 0 radical (unpaired) electrons.